The van der Waals surface area contributed by atoms with Crippen molar-refractivity contribution in [2.45, 2.75) is 36.9 Å². The molecule has 0 atom stereocenters. The highest BCUT2D eigenvalue weighted by atomic mass is 32.2. The average molecular weight is 476 g/mol. The minimum atomic E-state index is -3.54. The summed E-state index contributed by atoms with van der Waals surface area (Å²) in [4.78, 5) is 5.04. The third-order valence-corrected chi connectivity index (χ3v) is 8.34. The summed E-state index contributed by atoms with van der Waals surface area (Å²) < 4.78 is 40.7. The summed E-state index contributed by atoms with van der Waals surface area (Å²) in [5.41, 5.74) is 2.84. The van der Waals surface area contributed by atoms with Crippen LogP contribution in [0.2, 0.25) is 0 Å². The number of morpholine rings is 1. The summed E-state index contributed by atoms with van der Waals surface area (Å²) in [5, 5.41) is 0.902. The van der Waals surface area contributed by atoms with Gasteiger partial charge in [0.25, 0.3) is 0 Å². The van der Waals surface area contributed by atoms with E-state index in [-0.39, 0.29) is 4.90 Å². The highest BCUT2D eigenvalue weighted by Gasteiger charge is 2.27. The van der Waals surface area contributed by atoms with E-state index in [1.807, 2.05) is 24.3 Å². The van der Waals surface area contributed by atoms with Crippen molar-refractivity contribution < 1.29 is 17.9 Å². The number of benzene rings is 2. The molecule has 172 valence electrons. The van der Waals surface area contributed by atoms with Crippen LogP contribution in [0.15, 0.2) is 52.5 Å². The molecular formula is C23H29N3O4S2. The molecule has 0 aliphatic carbocycles. The number of rotatable bonds is 9. The maximum atomic E-state index is 13.0. The van der Waals surface area contributed by atoms with Crippen LogP contribution in [0, 0.1) is 6.92 Å². The zero-order chi connectivity index (χ0) is 22.6. The first-order valence-corrected chi connectivity index (χ1v) is 13.3. The van der Waals surface area contributed by atoms with E-state index in [4.69, 9.17) is 14.5 Å². The number of ether oxygens (including phenoxy) is 2. The molecule has 1 aliphatic rings. The smallest absolute Gasteiger partial charge is 0.243 e. The van der Waals surface area contributed by atoms with Crippen molar-refractivity contribution >= 4 is 32.8 Å². The van der Waals surface area contributed by atoms with E-state index in [9.17, 15) is 8.42 Å². The summed E-state index contributed by atoms with van der Waals surface area (Å²) in [6.07, 6.45) is 0.891. The zero-order valence-corrected chi connectivity index (χ0v) is 20.1. The van der Waals surface area contributed by atoms with Crippen molar-refractivity contribution in [1.82, 2.24) is 13.9 Å². The first-order valence-electron chi connectivity index (χ1n) is 10.9. The molecule has 9 heteroatoms. The van der Waals surface area contributed by atoms with E-state index < -0.39 is 10.0 Å². The van der Waals surface area contributed by atoms with Crippen LogP contribution in [0.3, 0.4) is 0 Å². The van der Waals surface area contributed by atoms with Gasteiger partial charge in [0.2, 0.25) is 10.0 Å². The Bertz CT molecular complexity index is 1170. The topological polar surface area (TPSA) is 73.7 Å². The van der Waals surface area contributed by atoms with E-state index in [1.165, 1.54) is 9.87 Å². The lowest BCUT2D eigenvalue weighted by Crippen LogP contribution is -2.40. The van der Waals surface area contributed by atoms with Crippen molar-refractivity contribution in [3.05, 3.63) is 48.0 Å². The van der Waals surface area contributed by atoms with Gasteiger partial charge < -0.3 is 14.0 Å². The second-order valence-corrected chi connectivity index (χ2v) is 10.7. The van der Waals surface area contributed by atoms with E-state index in [2.05, 4.69) is 24.5 Å². The largest absolute Gasteiger partial charge is 0.494 e. The van der Waals surface area contributed by atoms with Crippen LogP contribution in [0.1, 0.15) is 18.9 Å². The van der Waals surface area contributed by atoms with Gasteiger partial charge in [-0.05, 0) is 56.2 Å². The molecule has 0 unspecified atom stereocenters. The van der Waals surface area contributed by atoms with Gasteiger partial charge in [-0.1, -0.05) is 23.9 Å². The van der Waals surface area contributed by atoms with Crippen molar-refractivity contribution in [3.63, 3.8) is 0 Å². The highest BCUT2D eigenvalue weighted by Crippen LogP contribution is 2.28. The molecular weight excluding hydrogens is 446 g/mol. The standard InChI is InChI=1S/C23H29N3O4S2/c1-3-26-22-9-8-20(32(27,28)25-10-13-29-14-11-25)17-21(22)24-23(26)31-15-5-12-30-19-7-4-6-18(2)16-19/h4,6-9,16-17H,3,5,10-15H2,1-2H3. The van der Waals surface area contributed by atoms with Gasteiger partial charge in [0.1, 0.15) is 5.75 Å². The summed E-state index contributed by atoms with van der Waals surface area (Å²) in [6.45, 7) is 7.17. The molecule has 0 radical (unpaired) electrons. The fourth-order valence-corrected chi connectivity index (χ4v) is 6.14. The molecule has 3 aromatic rings. The molecule has 1 saturated heterocycles. The Morgan fingerprint density at radius 3 is 2.72 bits per heavy atom. The van der Waals surface area contributed by atoms with Gasteiger partial charge in [-0.2, -0.15) is 4.31 Å². The molecule has 0 N–H and O–H groups in total. The first kappa shape index (κ1) is 23.1. The molecule has 7 nitrogen and oxygen atoms in total. The zero-order valence-electron chi connectivity index (χ0n) is 18.5. The first-order chi connectivity index (χ1) is 15.5. The number of nitrogens with zero attached hydrogens (tertiary/aromatic N) is 3. The summed E-state index contributed by atoms with van der Waals surface area (Å²) in [5.74, 6) is 1.76. The molecule has 0 bridgehead atoms. The molecule has 1 aromatic heterocycles. The van der Waals surface area contributed by atoms with Gasteiger partial charge in [0.05, 0.1) is 35.7 Å². The van der Waals surface area contributed by atoms with Crippen LogP contribution >= 0.6 is 11.8 Å². The van der Waals surface area contributed by atoms with Gasteiger partial charge in [-0.15, -0.1) is 0 Å². The number of thioether (sulfide) groups is 1. The number of hydrogen-bond donors (Lipinski definition) is 0. The van der Waals surface area contributed by atoms with E-state index in [0.717, 1.165) is 35.1 Å². The Hall–Kier alpha value is -2.07. The van der Waals surface area contributed by atoms with Gasteiger partial charge >= 0.3 is 0 Å². The van der Waals surface area contributed by atoms with E-state index >= 15 is 0 Å². The number of aromatic nitrogens is 2. The number of aryl methyl sites for hydroxylation is 2. The fourth-order valence-electron chi connectivity index (χ4n) is 3.72. The Balaban J connectivity index is 1.43. The van der Waals surface area contributed by atoms with Gasteiger partial charge in [0, 0.05) is 25.4 Å². The Kier molecular flexibility index (Phi) is 7.40. The van der Waals surface area contributed by atoms with Crippen molar-refractivity contribution in [1.29, 1.82) is 0 Å². The molecule has 4 rings (SSSR count). The Morgan fingerprint density at radius 2 is 1.97 bits per heavy atom. The molecule has 1 aliphatic heterocycles. The minimum absolute atomic E-state index is 0.288. The van der Waals surface area contributed by atoms with E-state index in [0.29, 0.717) is 38.4 Å². The second-order valence-electron chi connectivity index (χ2n) is 7.67. The maximum Gasteiger partial charge on any atom is 0.243 e. The molecule has 2 heterocycles. The van der Waals surface area contributed by atoms with Crippen molar-refractivity contribution in [2.75, 3.05) is 38.7 Å². The second kappa shape index (κ2) is 10.2. The normalized spacial score (nSPS) is 15.3. The number of fused-ring (bicyclic) bond motifs is 1. The van der Waals surface area contributed by atoms with Crippen LogP contribution in [-0.2, 0) is 21.3 Å². The third-order valence-electron chi connectivity index (χ3n) is 5.39. The fraction of sp³-hybridized carbons (Fsp3) is 0.435. The van der Waals surface area contributed by atoms with Crippen LogP contribution in [-0.4, -0.2) is 60.9 Å². The van der Waals surface area contributed by atoms with Crippen LogP contribution in [0.5, 0.6) is 5.75 Å². The lowest BCUT2D eigenvalue weighted by molar-refractivity contribution is 0.0730. The molecule has 0 saturated carbocycles. The summed E-state index contributed by atoms with van der Waals surface area (Å²) in [7, 11) is -3.54. The molecule has 1 fully saturated rings. The maximum absolute atomic E-state index is 13.0. The number of sulfonamides is 1. The monoisotopic (exact) mass is 475 g/mol. The van der Waals surface area contributed by atoms with Crippen molar-refractivity contribution in [3.8, 4) is 5.75 Å². The Morgan fingerprint density at radius 1 is 1.16 bits per heavy atom. The predicted octanol–water partition coefficient (Wildman–Crippen LogP) is 3.95. The summed E-state index contributed by atoms with van der Waals surface area (Å²) >= 11 is 1.67. The predicted molar refractivity (Wildman–Crippen MR) is 127 cm³/mol. The van der Waals surface area contributed by atoms with Gasteiger partial charge in [-0.25, -0.2) is 13.4 Å². The van der Waals surface area contributed by atoms with Gasteiger partial charge in [-0.3, -0.25) is 0 Å². The number of hydrogen-bond acceptors (Lipinski definition) is 6. The SMILES string of the molecule is CCn1c(SCCCOc2cccc(C)c2)nc2cc(S(=O)(=O)N3CCOCC3)ccc21. The summed E-state index contributed by atoms with van der Waals surface area (Å²) in [6, 6.07) is 13.3. The van der Waals surface area contributed by atoms with E-state index in [1.54, 1.807) is 23.9 Å². The van der Waals surface area contributed by atoms with Crippen LogP contribution in [0.4, 0.5) is 0 Å². The van der Waals surface area contributed by atoms with Gasteiger partial charge in [0.15, 0.2) is 5.16 Å². The Labute approximate surface area is 193 Å². The molecule has 2 aromatic carbocycles. The lowest BCUT2D eigenvalue weighted by Gasteiger charge is -2.26. The van der Waals surface area contributed by atoms with Crippen LogP contribution < -0.4 is 4.74 Å². The molecule has 32 heavy (non-hydrogen) atoms. The average Bonchev–Trinajstić information content (AvgIpc) is 3.16. The van der Waals surface area contributed by atoms with Crippen LogP contribution in [0.25, 0.3) is 11.0 Å². The third kappa shape index (κ3) is 5.11. The molecule has 0 amide bonds. The quantitative estimate of drug-likeness (QED) is 0.345. The lowest BCUT2D eigenvalue weighted by atomic mass is 10.2. The van der Waals surface area contributed by atoms with Crippen molar-refractivity contribution in [2.24, 2.45) is 0 Å². The highest BCUT2D eigenvalue weighted by molar-refractivity contribution is 7.99. The minimum Gasteiger partial charge on any atom is -0.494 e. The molecule has 0 spiro atoms. The number of imidazole rings is 1.